The molecule has 0 bridgehead atoms. The molecule has 0 saturated heterocycles. The maximum atomic E-state index is 12.3. The van der Waals surface area contributed by atoms with Crippen LogP contribution in [0.1, 0.15) is 137 Å². The molecule has 392 valence electrons. The standard InChI is InChI=1S/C19H33N5O.C15H22O.C9H12N2O.C3H8.C2H4O.C2H6.2CH3NO.CH2O/c1-4-6-7-10-15(3)17(14-20)13-16(18(25)23-5-2)11-8-9-12-24-19(21)22;1-15(2)10-8-13(9-11-15)12-4-6-14(16-3)7-5-12;10-8(9(11)12)6-7-4-2-1-3-5-7;1-3-2;1-2-3;1-2;2*2-1-3;1-2/h4,6-7,10,14,16H,3,5,8-9,11-13,20H2,1-2H3,(H,23,25)(H4,21,22,24);4-7,13H,8-11H2,1-3H3;1-5,8H,6,10H2,(H2,11,12);3H2,1-2H3;2H,1H3;1-2H3;2*1H,(H2,2,3);1H2/b6-4-,10-7-,17-14-;;;;;;;;/t;;8-;;;;;;/m..1....../s1. The van der Waals surface area contributed by atoms with Crippen molar-refractivity contribution in [1.82, 2.24) is 5.32 Å². The Bertz CT molecular complexity index is 1650. The van der Waals surface area contributed by atoms with Gasteiger partial charge in [-0.05, 0) is 124 Å². The minimum absolute atomic E-state index is 0.0360. The van der Waals surface area contributed by atoms with Crippen molar-refractivity contribution in [2.24, 2.45) is 56.5 Å². The van der Waals surface area contributed by atoms with E-state index in [0.717, 1.165) is 53.9 Å². The molecule has 0 aliphatic heterocycles. The van der Waals surface area contributed by atoms with Crippen LogP contribution in [0.2, 0.25) is 0 Å². The smallest absolute Gasteiger partial charge is 0.234 e. The summed E-state index contributed by atoms with van der Waals surface area (Å²) >= 11 is 0. The number of amides is 4. The van der Waals surface area contributed by atoms with Crippen LogP contribution in [0.5, 0.6) is 5.75 Å². The predicted octanol–water partition coefficient (Wildman–Crippen LogP) is 7.19. The largest absolute Gasteiger partial charge is 0.497 e. The van der Waals surface area contributed by atoms with E-state index in [1.807, 2.05) is 89.1 Å². The molecule has 1 fully saturated rings. The third kappa shape index (κ3) is 47.7. The molecule has 1 saturated carbocycles. The first-order valence-electron chi connectivity index (χ1n) is 23.4. The Morgan fingerprint density at radius 2 is 1.36 bits per heavy atom. The monoisotopic (exact) mass is 968 g/mol. The Hall–Kier alpha value is -6.55. The van der Waals surface area contributed by atoms with Gasteiger partial charge in [0.15, 0.2) is 5.96 Å². The molecule has 4 amide bonds. The fourth-order valence-electron chi connectivity index (χ4n) is 5.89. The van der Waals surface area contributed by atoms with E-state index in [1.54, 1.807) is 7.11 Å². The van der Waals surface area contributed by atoms with Crippen molar-refractivity contribution in [3.05, 3.63) is 114 Å². The van der Waals surface area contributed by atoms with E-state index in [9.17, 15) is 9.59 Å². The van der Waals surface area contributed by atoms with Crippen molar-refractivity contribution in [3.8, 4) is 5.75 Å². The van der Waals surface area contributed by atoms with Crippen molar-refractivity contribution in [2.45, 2.75) is 138 Å². The van der Waals surface area contributed by atoms with Crippen LogP contribution >= 0.6 is 0 Å². The number of nitrogens with zero attached hydrogens (tertiary/aromatic N) is 1. The maximum absolute atomic E-state index is 12.3. The highest BCUT2D eigenvalue weighted by atomic mass is 16.5. The van der Waals surface area contributed by atoms with Crippen LogP contribution in [0.3, 0.4) is 0 Å². The summed E-state index contributed by atoms with van der Waals surface area (Å²) in [4.78, 5) is 60.9. The van der Waals surface area contributed by atoms with Gasteiger partial charge in [-0.15, -0.1) is 0 Å². The summed E-state index contributed by atoms with van der Waals surface area (Å²) in [6, 6.07) is 17.6. The van der Waals surface area contributed by atoms with Crippen LogP contribution in [-0.2, 0) is 35.2 Å². The molecule has 0 radical (unpaired) electrons. The number of guanidine groups is 1. The Morgan fingerprint density at radius 1 is 0.870 bits per heavy atom. The van der Waals surface area contributed by atoms with Gasteiger partial charge in [-0.2, -0.15) is 0 Å². The highest BCUT2D eigenvalue weighted by Gasteiger charge is 2.27. The number of aldehydes is 1. The fourth-order valence-corrected chi connectivity index (χ4v) is 5.89. The number of aliphatic imine (C=N–C) groups is 1. The number of hydrogen-bond donors (Lipinski definition) is 8. The summed E-state index contributed by atoms with van der Waals surface area (Å²) < 4.78 is 5.19. The quantitative estimate of drug-likeness (QED) is 0.0258. The second-order valence-corrected chi connectivity index (χ2v) is 15.3. The highest BCUT2D eigenvalue weighted by Crippen LogP contribution is 2.42. The van der Waals surface area contributed by atoms with E-state index in [-0.39, 0.29) is 30.6 Å². The van der Waals surface area contributed by atoms with Gasteiger partial charge in [-0.1, -0.05) is 128 Å². The molecular weight excluding hydrogens is 875 g/mol. The van der Waals surface area contributed by atoms with E-state index in [1.165, 1.54) is 50.8 Å². The zero-order valence-corrected chi connectivity index (χ0v) is 43.8. The Labute approximate surface area is 416 Å². The summed E-state index contributed by atoms with van der Waals surface area (Å²) in [5.41, 5.74) is 40.0. The second-order valence-electron chi connectivity index (χ2n) is 15.3. The normalized spacial score (nSPS) is 12.7. The minimum atomic E-state index is -0.576. The lowest BCUT2D eigenvalue weighted by Crippen LogP contribution is -2.38. The van der Waals surface area contributed by atoms with Gasteiger partial charge in [0.2, 0.25) is 24.6 Å². The number of nitrogens with one attached hydrogen (secondary N) is 1. The molecule has 1 unspecified atom stereocenters. The first kappa shape index (κ1) is 74.0. The molecule has 0 heterocycles. The molecule has 0 aromatic heterocycles. The molecule has 2 aromatic carbocycles. The number of rotatable bonds is 17. The van der Waals surface area contributed by atoms with Crippen LogP contribution in [0.25, 0.3) is 0 Å². The number of carbonyl (C=O) groups excluding carboxylic acids is 6. The number of benzene rings is 2. The average Bonchev–Trinajstić information content (AvgIpc) is 3.33. The van der Waals surface area contributed by atoms with Gasteiger partial charge in [-0.3, -0.25) is 24.2 Å². The van der Waals surface area contributed by atoms with Crippen molar-refractivity contribution >= 4 is 43.7 Å². The number of ether oxygens (including phenoxy) is 1. The van der Waals surface area contributed by atoms with Gasteiger partial charge in [-0.25, -0.2) is 0 Å². The molecule has 1 aliphatic carbocycles. The molecular formula is C53H93N9O7. The van der Waals surface area contributed by atoms with E-state index >= 15 is 0 Å². The number of allylic oxidation sites excluding steroid dienone is 6. The second kappa shape index (κ2) is 54.1. The summed E-state index contributed by atoms with van der Waals surface area (Å²) in [7, 11) is 1.72. The fraction of sp³-hybridized carbons (Fsp3) is 0.491. The molecule has 15 N–H and O–H groups in total. The van der Waals surface area contributed by atoms with Crippen molar-refractivity contribution in [3.63, 3.8) is 0 Å². The van der Waals surface area contributed by atoms with E-state index in [0.29, 0.717) is 31.3 Å². The number of primary amides is 3. The Morgan fingerprint density at radius 3 is 1.77 bits per heavy atom. The summed E-state index contributed by atoms with van der Waals surface area (Å²) in [6.07, 6.45) is 20.6. The van der Waals surface area contributed by atoms with Gasteiger partial charge in [0, 0.05) is 19.0 Å². The van der Waals surface area contributed by atoms with Crippen LogP contribution in [-0.4, -0.2) is 69.9 Å². The molecule has 2 aromatic rings. The minimum Gasteiger partial charge on any atom is -0.497 e. The van der Waals surface area contributed by atoms with Gasteiger partial charge in [0.25, 0.3) is 0 Å². The molecule has 2 atom stereocenters. The van der Waals surface area contributed by atoms with Crippen LogP contribution in [0.15, 0.2) is 108 Å². The molecule has 69 heavy (non-hydrogen) atoms. The third-order valence-corrected chi connectivity index (χ3v) is 9.25. The third-order valence-electron chi connectivity index (χ3n) is 9.25. The van der Waals surface area contributed by atoms with E-state index < -0.39 is 11.9 Å². The number of hydrogen-bond acceptors (Lipinski definition) is 10. The summed E-state index contributed by atoms with van der Waals surface area (Å²) in [6.45, 7) is 25.5. The topological polar surface area (TPSA) is 318 Å². The van der Waals surface area contributed by atoms with Crippen LogP contribution in [0.4, 0.5) is 0 Å². The molecule has 16 nitrogen and oxygen atoms in total. The number of carbonyl (C=O) groups is 6. The summed E-state index contributed by atoms with van der Waals surface area (Å²) in [5.74, 6) is 1.24. The zero-order valence-electron chi connectivity index (χ0n) is 43.8. The lowest BCUT2D eigenvalue weighted by molar-refractivity contribution is -0.125. The SMILES string of the molecule is C=C(/C=C\C=C/C)/C(=C\N)CC(CCCCN=C(N)N)C(=O)NCC.C=O.CC.CC=O.CCC.COc1ccc(C2CCC(C)(C)CC2)cc1.NC(=O)[C@H](N)Cc1ccccc1.NC=O.NC=O. The number of unbranched alkanes of at least 4 members (excludes halogenated alkanes) is 1. The van der Waals surface area contributed by atoms with Crippen molar-refractivity contribution in [1.29, 1.82) is 0 Å². The Balaban J connectivity index is -0.000000193. The lowest BCUT2D eigenvalue weighted by Gasteiger charge is -2.34. The summed E-state index contributed by atoms with van der Waals surface area (Å²) in [5, 5.41) is 2.89. The van der Waals surface area contributed by atoms with Gasteiger partial charge in [0.05, 0.1) is 13.2 Å². The first-order valence-corrected chi connectivity index (χ1v) is 23.4. The number of nitrogens with two attached hydrogens (primary N) is 7. The molecule has 0 spiro atoms. The maximum Gasteiger partial charge on any atom is 0.234 e. The Kier molecular flexibility index (Phi) is 58.0. The van der Waals surface area contributed by atoms with E-state index in [2.05, 4.69) is 80.3 Å². The average molecular weight is 968 g/mol. The van der Waals surface area contributed by atoms with E-state index in [4.69, 9.17) is 52.6 Å². The molecule has 3 rings (SSSR count). The first-order chi connectivity index (χ1) is 32.9. The number of methoxy groups -OCH3 is 1. The molecule has 1 aliphatic rings. The highest BCUT2D eigenvalue weighted by molar-refractivity contribution is 5.80. The zero-order chi connectivity index (χ0) is 54.5. The predicted molar refractivity (Wildman–Crippen MR) is 289 cm³/mol. The van der Waals surface area contributed by atoms with Crippen LogP contribution in [0, 0.1) is 11.3 Å². The van der Waals surface area contributed by atoms with Crippen molar-refractivity contribution in [2.75, 3.05) is 20.2 Å². The van der Waals surface area contributed by atoms with Gasteiger partial charge < -0.3 is 59.8 Å². The van der Waals surface area contributed by atoms with Crippen molar-refractivity contribution < 1.29 is 33.5 Å². The van der Waals surface area contributed by atoms with Gasteiger partial charge >= 0.3 is 0 Å². The van der Waals surface area contributed by atoms with Crippen LogP contribution < -0.4 is 50.2 Å². The molecule has 16 heteroatoms. The lowest BCUT2D eigenvalue weighted by atomic mass is 9.71. The van der Waals surface area contributed by atoms with Gasteiger partial charge in [0.1, 0.15) is 18.8 Å².